The smallest absolute Gasteiger partial charge is 0.157 e. The number of pyridine rings is 1. The monoisotopic (exact) mass is 217 g/mol. The van der Waals surface area contributed by atoms with Crippen molar-refractivity contribution >= 4 is 24.4 Å². The average Bonchev–Trinajstić information content (AvgIpc) is 2.69. The number of hydrogen-bond acceptors (Lipinski definition) is 5. The minimum Gasteiger partial charge on any atom is -0.382 e. The Morgan fingerprint density at radius 1 is 1.44 bits per heavy atom. The fourth-order valence-electron chi connectivity index (χ4n) is 1.48. The summed E-state index contributed by atoms with van der Waals surface area (Å²) in [5, 5.41) is 5.02. The van der Waals surface area contributed by atoms with Crippen LogP contribution in [0.3, 0.4) is 0 Å². The summed E-state index contributed by atoms with van der Waals surface area (Å²) in [5.74, 6) is 0.760. The summed E-state index contributed by atoms with van der Waals surface area (Å²) in [4.78, 5) is 8.35. The van der Waals surface area contributed by atoms with Crippen molar-refractivity contribution in [3.63, 3.8) is 0 Å². The number of anilines is 1. The van der Waals surface area contributed by atoms with E-state index in [0.717, 1.165) is 22.1 Å². The highest BCUT2D eigenvalue weighted by molar-refractivity contribution is 5.70. The number of nitrogens with one attached hydrogen (secondary N) is 3. The van der Waals surface area contributed by atoms with Gasteiger partial charge in [0.25, 0.3) is 0 Å². The second-order valence-electron chi connectivity index (χ2n) is 3.90. The Morgan fingerprint density at radius 2 is 2.25 bits per heavy atom. The van der Waals surface area contributed by atoms with Gasteiger partial charge in [0.15, 0.2) is 5.82 Å². The molecule has 0 fully saturated rings. The van der Waals surface area contributed by atoms with Gasteiger partial charge in [-0.1, -0.05) is 6.58 Å². The summed E-state index contributed by atoms with van der Waals surface area (Å²) >= 11 is 0. The van der Waals surface area contributed by atoms with Crippen LogP contribution >= 0.6 is 0 Å². The van der Waals surface area contributed by atoms with Crippen molar-refractivity contribution in [2.24, 2.45) is 4.99 Å². The van der Waals surface area contributed by atoms with Crippen molar-refractivity contribution < 1.29 is 0 Å². The summed E-state index contributed by atoms with van der Waals surface area (Å²) in [6.07, 6.45) is 3.37. The first-order valence-electron chi connectivity index (χ1n) is 5.17. The van der Waals surface area contributed by atoms with Gasteiger partial charge >= 0.3 is 0 Å². The number of rotatable bonds is 2. The molecule has 1 aliphatic rings. The van der Waals surface area contributed by atoms with Crippen molar-refractivity contribution in [1.29, 1.82) is 0 Å². The van der Waals surface area contributed by atoms with Crippen LogP contribution in [-0.4, -0.2) is 17.4 Å². The first kappa shape index (κ1) is 10.5. The Bertz CT molecular complexity index is 518. The third-order valence-corrected chi connectivity index (χ3v) is 2.11. The van der Waals surface area contributed by atoms with Gasteiger partial charge in [-0.3, -0.25) is 15.8 Å². The lowest BCUT2D eigenvalue weighted by Gasteiger charge is -2.11. The zero-order chi connectivity index (χ0) is 11.5. The lowest BCUT2D eigenvalue weighted by atomic mass is 10.2. The van der Waals surface area contributed by atoms with E-state index in [2.05, 4.69) is 46.6 Å². The largest absolute Gasteiger partial charge is 0.382 e. The SMILES string of the molecule is C=c1cc(NC(C)C)c(=C2N=CNN2)cn1. The molecule has 0 saturated heterocycles. The molecule has 0 aromatic carbocycles. The standard InChI is InChI=1S/C11H15N5/c1-7(2)15-10-4-8(3)12-5-9(10)11-13-6-14-16-11/h4-7,15-16H,3H2,1-2H3,(H,13,14). The van der Waals surface area contributed by atoms with Gasteiger partial charge in [0.05, 0.1) is 10.6 Å². The summed E-state index contributed by atoms with van der Waals surface area (Å²) in [6.45, 7) is 7.99. The molecule has 1 aromatic rings. The first-order chi connectivity index (χ1) is 7.66. The second kappa shape index (κ2) is 4.22. The van der Waals surface area contributed by atoms with Crippen LogP contribution in [-0.2, 0) is 0 Å². The molecule has 1 aromatic heterocycles. The maximum Gasteiger partial charge on any atom is 0.157 e. The molecule has 2 rings (SSSR count). The molecule has 0 atom stereocenters. The highest BCUT2D eigenvalue weighted by Gasteiger charge is 2.05. The van der Waals surface area contributed by atoms with Gasteiger partial charge in [-0.05, 0) is 19.9 Å². The van der Waals surface area contributed by atoms with Crippen LogP contribution in [0.25, 0.3) is 12.4 Å². The molecule has 16 heavy (non-hydrogen) atoms. The summed E-state index contributed by atoms with van der Waals surface area (Å²) in [6, 6.07) is 2.26. The molecule has 0 aliphatic carbocycles. The van der Waals surface area contributed by atoms with E-state index in [0.29, 0.717) is 6.04 Å². The minimum atomic E-state index is 0.347. The highest BCUT2D eigenvalue weighted by atomic mass is 15.4. The number of aliphatic imine (C=N–C) groups is 1. The van der Waals surface area contributed by atoms with Crippen LogP contribution in [0, 0.1) is 0 Å². The van der Waals surface area contributed by atoms with Crippen molar-refractivity contribution in [3.05, 3.63) is 22.8 Å². The number of hydrazine groups is 1. The van der Waals surface area contributed by atoms with Crippen LogP contribution < -0.4 is 26.7 Å². The fourth-order valence-corrected chi connectivity index (χ4v) is 1.48. The van der Waals surface area contributed by atoms with E-state index in [1.54, 1.807) is 12.5 Å². The van der Waals surface area contributed by atoms with E-state index in [1.165, 1.54) is 0 Å². The molecule has 0 spiro atoms. The van der Waals surface area contributed by atoms with Gasteiger partial charge in [0.2, 0.25) is 0 Å². The Balaban J connectivity index is 2.56. The van der Waals surface area contributed by atoms with Gasteiger partial charge in [-0.15, -0.1) is 0 Å². The molecule has 0 saturated carbocycles. The van der Waals surface area contributed by atoms with Crippen molar-refractivity contribution in [2.45, 2.75) is 19.9 Å². The zero-order valence-electron chi connectivity index (χ0n) is 9.41. The van der Waals surface area contributed by atoms with E-state index in [-0.39, 0.29) is 0 Å². The average molecular weight is 217 g/mol. The molecule has 84 valence electrons. The normalized spacial score (nSPS) is 17.2. The third-order valence-electron chi connectivity index (χ3n) is 2.11. The van der Waals surface area contributed by atoms with Gasteiger partial charge in [-0.2, -0.15) is 0 Å². The van der Waals surface area contributed by atoms with Crippen molar-refractivity contribution in [1.82, 2.24) is 15.8 Å². The van der Waals surface area contributed by atoms with Crippen LogP contribution in [0.2, 0.25) is 0 Å². The Hall–Kier alpha value is -2.04. The second-order valence-corrected chi connectivity index (χ2v) is 3.90. The van der Waals surface area contributed by atoms with Crippen molar-refractivity contribution in [2.75, 3.05) is 5.32 Å². The lowest BCUT2D eigenvalue weighted by molar-refractivity contribution is 0.872. The number of aromatic nitrogens is 1. The van der Waals surface area contributed by atoms with Crippen LogP contribution in [0.1, 0.15) is 13.8 Å². The molecule has 5 heteroatoms. The van der Waals surface area contributed by atoms with E-state index >= 15 is 0 Å². The predicted molar refractivity (Wildman–Crippen MR) is 65.9 cm³/mol. The van der Waals surface area contributed by atoms with Crippen LogP contribution in [0.5, 0.6) is 0 Å². The minimum absolute atomic E-state index is 0.347. The Labute approximate surface area is 94.0 Å². The molecule has 2 heterocycles. The molecule has 0 bridgehead atoms. The van der Waals surface area contributed by atoms with E-state index in [4.69, 9.17) is 0 Å². The predicted octanol–water partition coefficient (Wildman–Crippen LogP) is -0.486. The molecule has 5 nitrogen and oxygen atoms in total. The summed E-state index contributed by atoms with van der Waals surface area (Å²) in [5.41, 5.74) is 6.75. The van der Waals surface area contributed by atoms with Gasteiger partial charge in [0.1, 0.15) is 6.34 Å². The number of nitrogens with zero attached hydrogens (tertiary/aromatic N) is 2. The lowest BCUT2D eigenvalue weighted by Crippen LogP contribution is -2.29. The maximum absolute atomic E-state index is 4.18. The third kappa shape index (κ3) is 2.13. The Kier molecular flexibility index (Phi) is 2.76. The summed E-state index contributed by atoms with van der Waals surface area (Å²) in [7, 11) is 0. The fraction of sp³-hybridized carbons (Fsp3) is 0.273. The molecular weight excluding hydrogens is 202 g/mol. The van der Waals surface area contributed by atoms with Crippen molar-refractivity contribution in [3.8, 4) is 0 Å². The maximum atomic E-state index is 4.18. The van der Waals surface area contributed by atoms with E-state index in [1.807, 2.05) is 6.07 Å². The Morgan fingerprint density at radius 3 is 2.88 bits per heavy atom. The molecule has 0 amide bonds. The van der Waals surface area contributed by atoms with Gasteiger partial charge < -0.3 is 5.32 Å². The van der Waals surface area contributed by atoms with E-state index < -0.39 is 0 Å². The quantitative estimate of drug-likeness (QED) is 0.626. The topological polar surface area (TPSA) is 61.3 Å². The molecule has 0 radical (unpaired) electrons. The molecule has 1 aliphatic heterocycles. The number of hydrogen-bond donors (Lipinski definition) is 3. The van der Waals surface area contributed by atoms with Gasteiger partial charge in [0, 0.05) is 17.9 Å². The van der Waals surface area contributed by atoms with Crippen LogP contribution in [0.15, 0.2) is 17.3 Å². The molecule has 0 unspecified atom stereocenters. The zero-order valence-corrected chi connectivity index (χ0v) is 9.41. The molecule has 3 N–H and O–H groups in total. The van der Waals surface area contributed by atoms with Crippen LogP contribution in [0.4, 0.5) is 5.69 Å². The van der Waals surface area contributed by atoms with E-state index in [9.17, 15) is 0 Å². The molecular formula is C11H15N5. The van der Waals surface area contributed by atoms with Gasteiger partial charge in [-0.25, -0.2) is 4.99 Å². The summed E-state index contributed by atoms with van der Waals surface area (Å²) < 4.78 is 0. The first-order valence-corrected chi connectivity index (χ1v) is 5.17. The highest BCUT2D eigenvalue weighted by Crippen LogP contribution is 2.01.